The maximum absolute atomic E-state index is 7.18. The monoisotopic (exact) mass is 402 g/mol. The first-order valence-corrected chi connectivity index (χ1v) is 10.6. The van der Waals surface area contributed by atoms with Gasteiger partial charge in [0.2, 0.25) is 0 Å². The third-order valence-corrected chi connectivity index (χ3v) is 4.14. The maximum Gasteiger partial charge on any atom is 0.130 e. The molecule has 0 radical (unpaired) electrons. The number of nitrogens with zero attached hydrogens (tertiary/aromatic N) is 2. The Labute approximate surface area is 174 Å². The highest BCUT2D eigenvalue weighted by molar-refractivity contribution is 7.85. The highest BCUT2D eigenvalue weighted by Gasteiger charge is 2.18. The Bertz CT molecular complexity index is 335. The minimum atomic E-state index is 0.281. The number of thiocyanates is 2. The van der Waals surface area contributed by atoms with Crippen molar-refractivity contribution in [3.63, 3.8) is 0 Å². The van der Waals surface area contributed by atoms with Crippen molar-refractivity contribution in [1.82, 2.24) is 10.6 Å². The Hall–Kier alpha value is -0.400. The number of thiol groups is 2. The fourth-order valence-electron chi connectivity index (χ4n) is 2.61. The second-order valence-electron chi connectivity index (χ2n) is 7.74. The van der Waals surface area contributed by atoms with Gasteiger partial charge < -0.3 is 10.6 Å². The Morgan fingerprint density at radius 3 is 1.19 bits per heavy atom. The molecule has 0 amide bonds. The predicted octanol–water partition coefficient (Wildman–Crippen LogP) is 5.68. The van der Waals surface area contributed by atoms with Gasteiger partial charge in [0.25, 0.3) is 0 Å². The van der Waals surface area contributed by atoms with Gasteiger partial charge in [-0.1, -0.05) is 77.6 Å². The van der Waals surface area contributed by atoms with Crippen molar-refractivity contribution in [2.24, 2.45) is 0 Å². The molecule has 0 aromatic rings. The van der Waals surface area contributed by atoms with Crippen LogP contribution in [0.4, 0.5) is 0 Å². The van der Waals surface area contributed by atoms with Crippen molar-refractivity contribution < 1.29 is 0 Å². The summed E-state index contributed by atoms with van der Waals surface area (Å²) in [6.45, 7) is 16.0. The van der Waals surface area contributed by atoms with Gasteiger partial charge in [0.15, 0.2) is 0 Å². The number of nitrogens with one attached hydrogen (secondary N) is 2. The smallest absolute Gasteiger partial charge is 0.130 e. The lowest BCUT2D eigenvalue weighted by molar-refractivity contribution is 0.315. The summed E-state index contributed by atoms with van der Waals surface area (Å²) in [4.78, 5) is 0. The summed E-state index contributed by atoms with van der Waals surface area (Å²) in [5.74, 6) is 0. The van der Waals surface area contributed by atoms with Crippen LogP contribution in [-0.2, 0) is 0 Å². The molecule has 0 spiro atoms. The fourth-order valence-corrected chi connectivity index (χ4v) is 2.61. The number of hydrogen-bond acceptors (Lipinski definition) is 6. The Kier molecular flexibility index (Phi) is 24.4. The van der Waals surface area contributed by atoms with Gasteiger partial charge in [-0.25, -0.2) is 0 Å². The summed E-state index contributed by atoms with van der Waals surface area (Å²) in [6, 6.07) is 0. The van der Waals surface area contributed by atoms with E-state index in [1.165, 1.54) is 62.2 Å². The van der Waals surface area contributed by atoms with E-state index in [4.69, 9.17) is 10.5 Å². The van der Waals surface area contributed by atoms with Crippen LogP contribution in [-0.4, -0.2) is 24.2 Å². The molecular formula is C20H42N4S2. The van der Waals surface area contributed by atoms with Gasteiger partial charge in [0, 0.05) is 24.2 Å². The summed E-state index contributed by atoms with van der Waals surface area (Å²) in [5, 5.41) is 24.6. The van der Waals surface area contributed by atoms with Gasteiger partial charge in [-0.15, -0.1) is 0 Å². The van der Waals surface area contributed by atoms with Crippen LogP contribution in [0, 0.1) is 21.3 Å². The molecule has 4 nitrogen and oxygen atoms in total. The first-order valence-electron chi connectivity index (χ1n) is 9.72. The van der Waals surface area contributed by atoms with Crippen LogP contribution in [0.5, 0.6) is 0 Å². The molecule has 0 aliphatic heterocycles. The molecule has 6 heteroatoms. The lowest BCUT2D eigenvalue weighted by Crippen LogP contribution is -2.47. The fraction of sp³-hybridized carbons (Fsp3) is 0.900. The molecule has 0 bridgehead atoms. The molecule has 0 aromatic carbocycles. The van der Waals surface area contributed by atoms with Gasteiger partial charge >= 0.3 is 0 Å². The summed E-state index contributed by atoms with van der Waals surface area (Å²) >= 11 is 6.19. The normalized spacial score (nSPS) is 10.5. The van der Waals surface area contributed by atoms with Gasteiger partial charge in [-0.2, -0.15) is 10.5 Å². The quantitative estimate of drug-likeness (QED) is 0.182. The van der Waals surface area contributed by atoms with Crippen molar-refractivity contribution in [2.45, 2.75) is 104 Å². The van der Waals surface area contributed by atoms with Crippen LogP contribution in [0.1, 0.15) is 92.9 Å². The molecular weight excluding hydrogens is 360 g/mol. The van der Waals surface area contributed by atoms with E-state index in [2.05, 4.69) is 77.4 Å². The van der Waals surface area contributed by atoms with Crippen LogP contribution in [0.3, 0.4) is 0 Å². The molecule has 0 aromatic heterocycles. The number of nitriles is 2. The van der Waals surface area contributed by atoms with Crippen molar-refractivity contribution >= 4 is 25.3 Å². The van der Waals surface area contributed by atoms with Crippen LogP contribution in [0.15, 0.2) is 0 Å². The number of hydrogen-bond donors (Lipinski definition) is 4. The largest absolute Gasteiger partial charge is 0.311 e. The second-order valence-corrected chi connectivity index (χ2v) is 8.14. The first-order chi connectivity index (χ1) is 12.2. The Morgan fingerprint density at radius 1 is 0.692 bits per heavy atom. The van der Waals surface area contributed by atoms with E-state index >= 15 is 0 Å². The summed E-state index contributed by atoms with van der Waals surface area (Å²) in [5.41, 5.74) is 0.562. The molecule has 2 N–H and O–H groups in total. The van der Waals surface area contributed by atoms with E-state index in [0.29, 0.717) is 0 Å². The minimum absolute atomic E-state index is 0.281. The predicted molar refractivity (Wildman–Crippen MR) is 122 cm³/mol. The molecule has 154 valence electrons. The Balaban J connectivity index is -0.000000768. The third-order valence-electron chi connectivity index (χ3n) is 4.14. The van der Waals surface area contributed by atoms with Crippen molar-refractivity contribution in [3.8, 4) is 10.8 Å². The van der Waals surface area contributed by atoms with Crippen molar-refractivity contribution in [2.75, 3.05) is 13.1 Å². The molecule has 0 unspecified atom stereocenters. The molecule has 26 heavy (non-hydrogen) atoms. The van der Waals surface area contributed by atoms with Crippen LogP contribution >= 0.6 is 25.3 Å². The lowest BCUT2D eigenvalue weighted by Gasteiger charge is -2.30. The van der Waals surface area contributed by atoms with E-state index in [1.54, 1.807) is 0 Å². The topological polar surface area (TPSA) is 71.6 Å². The zero-order valence-electron chi connectivity index (χ0n) is 17.9. The molecule has 0 fully saturated rings. The summed E-state index contributed by atoms with van der Waals surface area (Å²) < 4.78 is 0. The first kappa shape index (κ1) is 30.3. The van der Waals surface area contributed by atoms with Crippen molar-refractivity contribution in [3.05, 3.63) is 0 Å². The number of rotatable bonds is 13. The minimum Gasteiger partial charge on any atom is -0.311 e. The number of unbranched alkanes of at least 4 members (excludes halogenated alkanes) is 4. The molecule has 0 atom stereocenters. The zero-order valence-corrected chi connectivity index (χ0v) is 19.6. The van der Waals surface area contributed by atoms with E-state index in [1.807, 2.05) is 0 Å². The van der Waals surface area contributed by atoms with Crippen LogP contribution in [0.25, 0.3) is 0 Å². The average Bonchev–Trinajstić information content (AvgIpc) is 2.53. The standard InChI is InChI=1S/C18H40N2.2CHNS/c1-7-9-11-13-17(3,4)19-15-16-20-18(5,6)14-12-10-8-2;2*2-1-3/h19-20H,7-16H2,1-6H3;2*3H. The van der Waals surface area contributed by atoms with E-state index in [-0.39, 0.29) is 11.1 Å². The summed E-state index contributed by atoms with van der Waals surface area (Å²) in [6.07, 6.45) is 10.6. The third kappa shape index (κ3) is 28.4. The average molecular weight is 403 g/mol. The zero-order chi connectivity index (χ0) is 20.9. The molecule has 0 saturated carbocycles. The van der Waals surface area contributed by atoms with Crippen LogP contribution < -0.4 is 10.6 Å². The van der Waals surface area contributed by atoms with E-state index < -0.39 is 0 Å². The van der Waals surface area contributed by atoms with Gasteiger partial charge in [0.05, 0.1) is 0 Å². The van der Waals surface area contributed by atoms with Gasteiger partial charge in [-0.05, 0) is 40.5 Å². The molecule has 0 heterocycles. The maximum atomic E-state index is 7.18. The SMILES string of the molecule is CCCCCC(C)(C)NCCNC(C)(C)CCCCC.N#CS.N#CS. The molecule has 0 aliphatic rings. The van der Waals surface area contributed by atoms with Gasteiger partial charge in [0.1, 0.15) is 10.8 Å². The van der Waals surface area contributed by atoms with Crippen molar-refractivity contribution in [1.29, 1.82) is 10.5 Å². The van der Waals surface area contributed by atoms with Gasteiger partial charge in [-0.3, -0.25) is 0 Å². The summed E-state index contributed by atoms with van der Waals surface area (Å²) in [7, 11) is 0. The van der Waals surface area contributed by atoms with E-state index in [0.717, 1.165) is 13.1 Å². The molecule has 0 saturated heterocycles. The molecule has 0 rings (SSSR count). The van der Waals surface area contributed by atoms with Crippen LogP contribution in [0.2, 0.25) is 0 Å². The second kappa shape index (κ2) is 20.9. The Morgan fingerprint density at radius 2 is 0.962 bits per heavy atom. The van der Waals surface area contributed by atoms with E-state index in [9.17, 15) is 0 Å². The highest BCUT2D eigenvalue weighted by Crippen LogP contribution is 2.15. The highest BCUT2D eigenvalue weighted by atomic mass is 32.1. The molecule has 0 aliphatic carbocycles. The lowest BCUT2D eigenvalue weighted by atomic mass is 9.96.